The maximum absolute atomic E-state index is 11.9. The molecule has 1 aliphatic rings. The number of rotatable bonds is 3. The minimum absolute atomic E-state index is 0.0338. The SMILES string of the molecule is O=C(O)c1cccc2[nH]c(=O)c(=O)n(CC3CC3)c12. The van der Waals surface area contributed by atoms with Crippen molar-refractivity contribution < 1.29 is 9.90 Å². The van der Waals surface area contributed by atoms with Gasteiger partial charge in [-0.15, -0.1) is 0 Å². The normalized spacial score (nSPS) is 14.7. The lowest BCUT2D eigenvalue weighted by atomic mass is 10.1. The van der Waals surface area contributed by atoms with Gasteiger partial charge in [0.15, 0.2) is 0 Å². The van der Waals surface area contributed by atoms with E-state index in [9.17, 15) is 19.5 Å². The second-order valence-electron chi connectivity index (χ2n) is 4.82. The summed E-state index contributed by atoms with van der Waals surface area (Å²) >= 11 is 0. The standard InChI is InChI=1S/C13H12N2O4/c16-11-12(17)15(6-7-4-5-7)10-8(13(18)19)2-1-3-9(10)14-11/h1-3,7H,4-6H2,(H,14,16)(H,18,19). The highest BCUT2D eigenvalue weighted by molar-refractivity contribution is 6.00. The van der Waals surface area contributed by atoms with E-state index < -0.39 is 17.1 Å². The fourth-order valence-corrected chi connectivity index (χ4v) is 2.24. The molecule has 1 aromatic heterocycles. The van der Waals surface area contributed by atoms with Crippen molar-refractivity contribution in [2.45, 2.75) is 19.4 Å². The lowest BCUT2D eigenvalue weighted by Crippen LogP contribution is -2.37. The van der Waals surface area contributed by atoms with Gasteiger partial charge in [-0.2, -0.15) is 0 Å². The molecule has 1 saturated carbocycles. The smallest absolute Gasteiger partial charge is 0.337 e. The van der Waals surface area contributed by atoms with Crippen LogP contribution in [0.1, 0.15) is 23.2 Å². The average molecular weight is 260 g/mol. The summed E-state index contributed by atoms with van der Waals surface area (Å²) in [7, 11) is 0. The van der Waals surface area contributed by atoms with Gasteiger partial charge in [-0.25, -0.2) is 4.79 Å². The van der Waals surface area contributed by atoms with E-state index in [1.807, 2.05) is 0 Å². The molecule has 0 unspecified atom stereocenters. The number of nitrogens with one attached hydrogen (secondary N) is 1. The summed E-state index contributed by atoms with van der Waals surface area (Å²) in [6.45, 7) is 0.406. The predicted octanol–water partition coefficient (Wildman–Crippen LogP) is 0.798. The van der Waals surface area contributed by atoms with E-state index in [-0.39, 0.29) is 5.56 Å². The van der Waals surface area contributed by atoms with Gasteiger partial charge in [0.05, 0.1) is 16.6 Å². The van der Waals surface area contributed by atoms with Crippen molar-refractivity contribution in [3.8, 4) is 0 Å². The zero-order valence-corrected chi connectivity index (χ0v) is 10.0. The third-order valence-corrected chi connectivity index (χ3v) is 3.36. The van der Waals surface area contributed by atoms with Crippen molar-refractivity contribution in [3.63, 3.8) is 0 Å². The van der Waals surface area contributed by atoms with Gasteiger partial charge in [-0.3, -0.25) is 9.59 Å². The highest BCUT2D eigenvalue weighted by Gasteiger charge is 2.25. The Labute approximate surface area is 107 Å². The zero-order valence-electron chi connectivity index (χ0n) is 10.0. The van der Waals surface area contributed by atoms with E-state index in [2.05, 4.69) is 4.98 Å². The molecule has 0 spiro atoms. The Morgan fingerprint density at radius 2 is 2.11 bits per heavy atom. The molecular formula is C13H12N2O4. The molecule has 1 aromatic carbocycles. The first-order valence-corrected chi connectivity index (χ1v) is 6.07. The Balaban J connectivity index is 2.40. The number of nitrogens with zero attached hydrogens (tertiary/aromatic N) is 1. The number of para-hydroxylation sites is 1. The fraction of sp³-hybridized carbons (Fsp3) is 0.308. The van der Waals surface area contributed by atoms with Crippen molar-refractivity contribution in [2.75, 3.05) is 0 Å². The van der Waals surface area contributed by atoms with Gasteiger partial charge in [0.1, 0.15) is 0 Å². The van der Waals surface area contributed by atoms with Crippen molar-refractivity contribution in [2.24, 2.45) is 5.92 Å². The Morgan fingerprint density at radius 3 is 2.74 bits per heavy atom. The predicted molar refractivity (Wildman–Crippen MR) is 68.5 cm³/mol. The van der Waals surface area contributed by atoms with Crippen LogP contribution in [0.3, 0.4) is 0 Å². The number of aromatic nitrogens is 2. The van der Waals surface area contributed by atoms with Gasteiger partial charge in [-0.1, -0.05) is 6.07 Å². The molecule has 0 saturated heterocycles. The first-order valence-electron chi connectivity index (χ1n) is 6.07. The number of aromatic amines is 1. The quantitative estimate of drug-likeness (QED) is 0.798. The summed E-state index contributed by atoms with van der Waals surface area (Å²) in [5.74, 6) is -0.744. The number of carboxylic acids is 1. The van der Waals surface area contributed by atoms with Crippen LogP contribution in [0.4, 0.5) is 0 Å². The van der Waals surface area contributed by atoms with E-state index in [0.717, 1.165) is 12.8 Å². The van der Waals surface area contributed by atoms with Gasteiger partial charge in [0.2, 0.25) is 0 Å². The molecule has 2 aromatic rings. The first kappa shape index (κ1) is 11.7. The van der Waals surface area contributed by atoms with Gasteiger partial charge >= 0.3 is 17.1 Å². The van der Waals surface area contributed by atoms with Gasteiger partial charge < -0.3 is 14.7 Å². The van der Waals surface area contributed by atoms with Crippen LogP contribution in [0.15, 0.2) is 27.8 Å². The molecule has 0 bridgehead atoms. The third-order valence-electron chi connectivity index (χ3n) is 3.36. The van der Waals surface area contributed by atoms with Crippen molar-refractivity contribution in [1.82, 2.24) is 9.55 Å². The first-order chi connectivity index (χ1) is 9.08. The fourth-order valence-electron chi connectivity index (χ4n) is 2.24. The number of H-pyrrole nitrogens is 1. The average Bonchev–Trinajstić information content (AvgIpc) is 3.18. The van der Waals surface area contributed by atoms with Crippen LogP contribution < -0.4 is 11.1 Å². The Morgan fingerprint density at radius 1 is 1.37 bits per heavy atom. The van der Waals surface area contributed by atoms with E-state index in [4.69, 9.17) is 0 Å². The van der Waals surface area contributed by atoms with Crippen LogP contribution in [0.2, 0.25) is 0 Å². The van der Waals surface area contributed by atoms with Crippen LogP contribution >= 0.6 is 0 Å². The van der Waals surface area contributed by atoms with Gasteiger partial charge in [0, 0.05) is 6.54 Å². The minimum atomic E-state index is -1.11. The van der Waals surface area contributed by atoms with Crippen molar-refractivity contribution in [3.05, 3.63) is 44.5 Å². The van der Waals surface area contributed by atoms with Crippen LogP contribution in [0.5, 0.6) is 0 Å². The van der Waals surface area contributed by atoms with E-state index in [1.165, 1.54) is 10.6 Å². The molecule has 0 aliphatic heterocycles. The summed E-state index contributed by atoms with van der Waals surface area (Å²) in [6, 6.07) is 4.59. The molecule has 1 heterocycles. The van der Waals surface area contributed by atoms with Crippen molar-refractivity contribution in [1.29, 1.82) is 0 Å². The highest BCUT2D eigenvalue weighted by Crippen LogP contribution is 2.31. The van der Waals surface area contributed by atoms with Crippen molar-refractivity contribution >= 4 is 17.0 Å². The summed E-state index contributed by atoms with van der Waals surface area (Å²) in [5.41, 5.74) is -0.688. The molecule has 98 valence electrons. The molecule has 6 nitrogen and oxygen atoms in total. The second-order valence-corrected chi connectivity index (χ2v) is 4.82. The summed E-state index contributed by atoms with van der Waals surface area (Å²) < 4.78 is 1.30. The third kappa shape index (κ3) is 1.95. The van der Waals surface area contributed by atoms with Crippen LogP contribution in [-0.2, 0) is 6.54 Å². The Bertz CT molecular complexity index is 783. The number of aromatic carboxylic acids is 1. The molecule has 3 rings (SSSR count). The lowest BCUT2D eigenvalue weighted by Gasteiger charge is -2.11. The zero-order chi connectivity index (χ0) is 13.6. The molecule has 2 N–H and O–H groups in total. The molecular weight excluding hydrogens is 248 g/mol. The molecule has 0 atom stereocenters. The molecule has 6 heteroatoms. The van der Waals surface area contributed by atoms with Crippen LogP contribution in [0.25, 0.3) is 11.0 Å². The number of hydrogen-bond acceptors (Lipinski definition) is 3. The monoisotopic (exact) mass is 260 g/mol. The van der Waals surface area contributed by atoms with Crippen LogP contribution in [0, 0.1) is 5.92 Å². The maximum atomic E-state index is 11.9. The largest absolute Gasteiger partial charge is 0.478 e. The van der Waals surface area contributed by atoms with Gasteiger partial charge in [-0.05, 0) is 30.9 Å². The Hall–Kier alpha value is -2.37. The van der Waals surface area contributed by atoms with E-state index in [0.29, 0.717) is 23.5 Å². The van der Waals surface area contributed by atoms with E-state index >= 15 is 0 Å². The number of hydrogen-bond donors (Lipinski definition) is 2. The second kappa shape index (κ2) is 4.08. The molecule has 0 radical (unpaired) electrons. The number of benzene rings is 1. The summed E-state index contributed by atoms with van der Waals surface area (Å²) in [4.78, 5) is 37.2. The Kier molecular flexibility index (Phi) is 2.51. The minimum Gasteiger partial charge on any atom is -0.478 e. The van der Waals surface area contributed by atoms with E-state index in [1.54, 1.807) is 12.1 Å². The lowest BCUT2D eigenvalue weighted by molar-refractivity contribution is 0.0698. The number of carbonyl (C=O) groups is 1. The summed E-state index contributed by atoms with van der Waals surface area (Å²) in [6.07, 6.45) is 2.02. The highest BCUT2D eigenvalue weighted by atomic mass is 16.4. The topological polar surface area (TPSA) is 92.2 Å². The molecule has 1 aliphatic carbocycles. The molecule has 0 amide bonds. The number of carboxylic acid groups (broad SMARTS) is 1. The maximum Gasteiger partial charge on any atom is 0.337 e. The van der Waals surface area contributed by atoms with Gasteiger partial charge in [0.25, 0.3) is 0 Å². The van der Waals surface area contributed by atoms with Crippen LogP contribution in [-0.4, -0.2) is 20.6 Å². The summed E-state index contributed by atoms with van der Waals surface area (Å²) in [5, 5.41) is 9.21. The number of fused-ring (bicyclic) bond motifs is 1. The molecule has 1 fully saturated rings. The molecule has 19 heavy (non-hydrogen) atoms.